The van der Waals surface area contributed by atoms with Gasteiger partial charge in [-0.1, -0.05) is 109 Å². The van der Waals surface area contributed by atoms with Crippen molar-refractivity contribution in [2.75, 3.05) is 26.9 Å². The van der Waals surface area contributed by atoms with Crippen LogP contribution in [0, 0.1) is 0 Å². The first-order valence-corrected chi connectivity index (χ1v) is 14.8. The van der Waals surface area contributed by atoms with Crippen LogP contribution in [0.2, 0.25) is 0 Å². The molecule has 1 aromatic carbocycles. The fourth-order valence-corrected chi connectivity index (χ4v) is 4.70. The minimum Gasteiger partial charge on any atom is -0.403 e. The number of hydrogen-bond donors (Lipinski definition) is 0. The number of phosphoric ester groups is 1. The fraction of sp³-hybridized carbons (Fsp3) is 0.769. The number of rotatable bonds is 24. The third kappa shape index (κ3) is 16.9. The Morgan fingerprint density at radius 2 is 1.32 bits per heavy atom. The van der Waals surface area contributed by atoms with Gasteiger partial charge in [-0.3, -0.25) is 4.52 Å². The molecule has 6 nitrogen and oxygen atoms in total. The van der Waals surface area contributed by atoms with Crippen molar-refractivity contribution in [2.45, 2.75) is 103 Å². The first kappa shape index (κ1) is 31.4. The summed E-state index contributed by atoms with van der Waals surface area (Å²) in [7, 11) is -2.39. The lowest BCUT2D eigenvalue weighted by Gasteiger charge is -2.19. The molecule has 2 unspecified atom stereocenters. The first-order valence-electron chi connectivity index (χ1n) is 13.0. The highest BCUT2D eigenvalue weighted by atomic mass is 35.5. The van der Waals surface area contributed by atoms with Gasteiger partial charge in [-0.15, -0.1) is 0 Å². The number of phosphoric acid groups is 1. The van der Waals surface area contributed by atoms with E-state index in [9.17, 15) is 4.57 Å². The van der Waals surface area contributed by atoms with Gasteiger partial charge in [0.1, 0.15) is 11.9 Å². The molecule has 0 aliphatic carbocycles. The third-order valence-electron chi connectivity index (χ3n) is 5.74. The van der Waals surface area contributed by atoms with Crippen molar-refractivity contribution in [1.29, 1.82) is 0 Å². The maximum absolute atomic E-state index is 12.5. The number of methoxy groups -OCH3 is 1. The van der Waals surface area contributed by atoms with Crippen LogP contribution in [0.4, 0.5) is 0 Å². The van der Waals surface area contributed by atoms with Crippen molar-refractivity contribution in [3.05, 3.63) is 30.3 Å². The second-order valence-electron chi connectivity index (χ2n) is 8.75. The average Bonchev–Trinajstić information content (AvgIpc) is 2.86. The van der Waals surface area contributed by atoms with E-state index in [0.29, 0.717) is 19.0 Å². The van der Waals surface area contributed by atoms with Crippen LogP contribution in [-0.4, -0.2) is 33.0 Å². The maximum Gasteiger partial charge on any atom is 0.546 e. The Morgan fingerprint density at radius 3 is 1.82 bits per heavy atom. The number of unbranched alkanes of at least 4 members (excludes halogenated alkanes) is 13. The van der Waals surface area contributed by atoms with Crippen molar-refractivity contribution in [2.24, 2.45) is 0 Å². The lowest BCUT2D eigenvalue weighted by atomic mass is 10.0. The molecule has 0 radical (unpaired) electrons. The van der Waals surface area contributed by atoms with Gasteiger partial charge in [0.15, 0.2) is 0 Å². The van der Waals surface area contributed by atoms with Crippen molar-refractivity contribution < 1.29 is 27.2 Å². The Labute approximate surface area is 212 Å². The molecule has 0 bridgehead atoms. The van der Waals surface area contributed by atoms with Crippen LogP contribution in [0.1, 0.15) is 96.8 Å². The average molecular weight is 521 g/mol. The second-order valence-corrected chi connectivity index (χ2v) is 10.6. The van der Waals surface area contributed by atoms with E-state index in [1.165, 1.54) is 83.5 Å². The van der Waals surface area contributed by atoms with E-state index in [0.717, 1.165) is 6.42 Å². The Kier molecular flexibility index (Phi) is 20.0. The summed E-state index contributed by atoms with van der Waals surface area (Å²) in [6, 6.07) is 8.59. The molecule has 0 aromatic heterocycles. The van der Waals surface area contributed by atoms with Crippen LogP contribution < -0.4 is 4.52 Å². The largest absolute Gasteiger partial charge is 0.546 e. The highest BCUT2D eigenvalue weighted by Gasteiger charge is 2.30. The zero-order valence-corrected chi connectivity index (χ0v) is 22.9. The van der Waals surface area contributed by atoms with Crippen molar-refractivity contribution in [3.63, 3.8) is 0 Å². The van der Waals surface area contributed by atoms with Gasteiger partial charge in [-0.05, 0) is 18.6 Å². The molecule has 198 valence electrons. The molecule has 34 heavy (non-hydrogen) atoms. The third-order valence-corrected chi connectivity index (χ3v) is 7.32. The highest BCUT2D eigenvalue weighted by Crippen LogP contribution is 2.50. The van der Waals surface area contributed by atoms with Gasteiger partial charge in [0.05, 0.1) is 25.1 Å². The molecule has 0 saturated carbocycles. The maximum atomic E-state index is 12.5. The van der Waals surface area contributed by atoms with Crippen molar-refractivity contribution in [3.8, 4) is 5.75 Å². The SMILES string of the molecule is CCCCCCCCCCCCCCCCOCC(COP(=O)(OCl)Oc1ccccc1)OC. The lowest BCUT2D eigenvalue weighted by molar-refractivity contribution is -0.0191. The summed E-state index contributed by atoms with van der Waals surface area (Å²) in [4.78, 5) is 0. The van der Waals surface area contributed by atoms with E-state index < -0.39 is 13.9 Å². The van der Waals surface area contributed by atoms with E-state index in [2.05, 4.69) is 11.0 Å². The molecule has 0 fully saturated rings. The van der Waals surface area contributed by atoms with E-state index in [1.807, 2.05) is 6.07 Å². The van der Waals surface area contributed by atoms with Gasteiger partial charge < -0.3 is 14.0 Å². The summed E-state index contributed by atoms with van der Waals surface area (Å²) < 4.78 is 38.6. The van der Waals surface area contributed by atoms with Crippen molar-refractivity contribution >= 4 is 19.7 Å². The van der Waals surface area contributed by atoms with Crippen LogP contribution in [0.3, 0.4) is 0 Å². The molecule has 0 heterocycles. The number of halogens is 1. The van der Waals surface area contributed by atoms with Gasteiger partial charge in [-0.25, -0.2) is 4.57 Å². The standard InChI is InChI=1S/C26H46ClO6P/c1-3-4-5-6-7-8-9-10-11-12-13-14-15-19-22-30-23-26(29-2)24-31-34(28,33-27)32-25-20-17-16-18-21-25/h16-18,20-21,26H,3-15,19,22-24H2,1-2H3. The molecular formula is C26H46ClO6P. The quantitative estimate of drug-likeness (QED) is 0.100. The van der Waals surface area contributed by atoms with Crippen molar-refractivity contribution in [1.82, 2.24) is 0 Å². The number of ether oxygens (including phenoxy) is 2. The second kappa shape index (κ2) is 21.6. The Bertz CT molecular complexity index is 619. The zero-order valence-electron chi connectivity index (χ0n) is 21.3. The molecule has 8 heteroatoms. The van der Waals surface area contributed by atoms with Gasteiger partial charge in [0, 0.05) is 13.7 Å². The summed E-state index contributed by atoms with van der Waals surface area (Å²) in [5, 5.41) is 0. The monoisotopic (exact) mass is 520 g/mol. The zero-order chi connectivity index (χ0) is 24.7. The van der Waals surface area contributed by atoms with Crippen LogP contribution >= 0.6 is 19.7 Å². The molecule has 0 saturated heterocycles. The summed E-state index contributed by atoms with van der Waals surface area (Å²) in [6.45, 7) is 3.25. The van der Waals surface area contributed by atoms with E-state index in [4.69, 9.17) is 30.4 Å². The number of benzene rings is 1. The molecule has 0 spiro atoms. The van der Waals surface area contributed by atoms with Gasteiger partial charge in [-0.2, -0.15) is 4.08 Å². The summed E-state index contributed by atoms with van der Waals surface area (Å²) in [5.41, 5.74) is 0. The van der Waals surface area contributed by atoms with E-state index in [1.54, 1.807) is 31.4 Å². The van der Waals surface area contributed by atoms with Gasteiger partial charge >= 0.3 is 7.82 Å². The van der Waals surface area contributed by atoms with Crippen LogP contribution in [-0.2, 0) is 22.6 Å². The Morgan fingerprint density at radius 1 is 0.794 bits per heavy atom. The Balaban J connectivity index is 1.98. The molecule has 0 amide bonds. The molecular weight excluding hydrogens is 475 g/mol. The molecule has 2 atom stereocenters. The highest BCUT2D eigenvalue weighted by molar-refractivity contribution is 7.49. The topological polar surface area (TPSA) is 63.2 Å². The summed E-state index contributed by atoms with van der Waals surface area (Å²) in [5.74, 6) is 0.342. The predicted molar refractivity (Wildman–Crippen MR) is 139 cm³/mol. The minimum absolute atomic E-state index is 0.0218. The van der Waals surface area contributed by atoms with Gasteiger partial charge in [0.2, 0.25) is 0 Å². The van der Waals surface area contributed by atoms with E-state index in [-0.39, 0.29) is 6.61 Å². The predicted octanol–water partition coefficient (Wildman–Crippen LogP) is 8.87. The summed E-state index contributed by atoms with van der Waals surface area (Å²) in [6.07, 6.45) is 18.2. The normalized spacial score (nSPS) is 14.1. The minimum atomic E-state index is -3.94. The molecule has 0 N–H and O–H groups in total. The molecule has 1 aromatic rings. The fourth-order valence-electron chi connectivity index (χ4n) is 3.64. The first-order chi connectivity index (χ1) is 16.6. The Hall–Kier alpha value is -0.620. The number of hydrogen-bond acceptors (Lipinski definition) is 6. The lowest BCUT2D eigenvalue weighted by Crippen LogP contribution is -2.24. The van der Waals surface area contributed by atoms with Crippen LogP contribution in [0.15, 0.2) is 30.3 Å². The number of para-hydroxylation sites is 1. The molecule has 0 aliphatic rings. The smallest absolute Gasteiger partial charge is 0.403 e. The molecule has 1 rings (SSSR count). The van der Waals surface area contributed by atoms with Crippen LogP contribution in [0.25, 0.3) is 0 Å². The molecule has 0 aliphatic heterocycles. The van der Waals surface area contributed by atoms with Crippen LogP contribution in [0.5, 0.6) is 5.75 Å². The van der Waals surface area contributed by atoms with Gasteiger partial charge in [0.25, 0.3) is 0 Å². The van der Waals surface area contributed by atoms with E-state index >= 15 is 0 Å². The summed E-state index contributed by atoms with van der Waals surface area (Å²) >= 11 is 5.35.